The van der Waals surface area contributed by atoms with Crippen molar-refractivity contribution in [2.75, 3.05) is 68.5 Å². The minimum atomic E-state index is -0.754. The number of carbonyl (C=O) groups excluding carboxylic acids is 6. The molecule has 15 heteroatoms. The fourth-order valence-corrected chi connectivity index (χ4v) is 10.7. The normalized spacial score (nSPS) is 18.2. The van der Waals surface area contributed by atoms with Gasteiger partial charge in [-0.1, -0.05) is 36.1 Å². The van der Waals surface area contributed by atoms with Crippen LogP contribution in [0.1, 0.15) is 116 Å². The lowest BCUT2D eigenvalue weighted by Crippen LogP contribution is -2.52. The van der Waals surface area contributed by atoms with Gasteiger partial charge in [-0.15, -0.1) is 11.3 Å². The SMILES string of the molecule is Cc1ccc(NC2CNC2)cc1C(=O)NC(C)c1ccc(C#CC2CCN(C(=O)CCCCC(=O)N3CCC(c4ccc(N(C=O)C5CCC(=O)NC5=O)c(N(C)C)c4)CC3)CC2)c(-c2cccs2)c1. The van der Waals surface area contributed by atoms with Gasteiger partial charge in [0.1, 0.15) is 6.04 Å². The number of hydrogen-bond donors (Lipinski definition) is 4. The van der Waals surface area contributed by atoms with Crippen molar-refractivity contribution in [1.29, 1.82) is 0 Å². The first-order chi connectivity index (χ1) is 33.8. The van der Waals surface area contributed by atoms with Gasteiger partial charge in [0.05, 0.1) is 23.5 Å². The summed E-state index contributed by atoms with van der Waals surface area (Å²) < 4.78 is 0. The van der Waals surface area contributed by atoms with E-state index in [1.165, 1.54) is 4.90 Å². The average Bonchev–Trinajstić information content (AvgIpc) is 3.90. The number of nitrogens with zero attached hydrogens (tertiary/aromatic N) is 4. The summed E-state index contributed by atoms with van der Waals surface area (Å²) in [7, 11) is 3.79. The van der Waals surface area contributed by atoms with Crippen molar-refractivity contribution in [3.63, 3.8) is 0 Å². The van der Waals surface area contributed by atoms with Crippen LogP contribution in [0.2, 0.25) is 0 Å². The highest BCUT2D eigenvalue weighted by Gasteiger charge is 2.34. The summed E-state index contributed by atoms with van der Waals surface area (Å²) in [6.45, 7) is 8.47. The lowest BCUT2D eigenvalue weighted by molar-refractivity contribution is -0.135. The number of rotatable bonds is 16. The molecule has 6 amide bonds. The maximum atomic E-state index is 13.5. The Labute approximate surface area is 415 Å². The average molecular weight is 967 g/mol. The minimum absolute atomic E-state index is 0.103. The van der Waals surface area contributed by atoms with Crippen LogP contribution in [-0.2, 0) is 24.0 Å². The van der Waals surface area contributed by atoms with Gasteiger partial charge in [0.15, 0.2) is 0 Å². The number of nitrogens with one attached hydrogen (secondary N) is 4. The number of imide groups is 1. The molecule has 368 valence electrons. The second-order valence-electron chi connectivity index (χ2n) is 19.4. The highest BCUT2D eigenvalue weighted by molar-refractivity contribution is 7.13. The molecular formula is C55H66N8O6S. The molecule has 4 saturated heterocycles. The molecule has 1 aromatic heterocycles. The van der Waals surface area contributed by atoms with Crippen LogP contribution in [0.25, 0.3) is 10.4 Å². The molecule has 3 aromatic carbocycles. The van der Waals surface area contributed by atoms with E-state index in [1.54, 1.807) is 11.3 Å². The Hall–Kier alpha value is -6.50. The topological polar surface area (TPSA) is 163 Å². The van der Waals surface area contributed by atoms with E-state index >= 15 is 0 Å². The molecule has 70 heavy (non-hydrogen) atoms. The van der Waals surface area contributed by atoms with Crippen molar-refractivity contribution < 1.29 is 28.8 Å². The number of aryl methyl sites for hydroxylation is 1. The molecule has 2 atom stereocenters. The Balaban J connectivity index is 0.771. The van der Waals surface area contributed by atoms with E-state index in [4.69, 9.17) is 0 Å². The predicted octanol–water partition coefficient (Wildman–Crippen LogP) is 6.99. The minimum Gasteiger partial charge on any atom is -0.380 e. The quantitative estimate of drug-likeness (QED) is 0.0402. The molecule has 0 aliphatic carbocycles. The number of benzene rings is 3. The van der Waals surface area contributed by atoms with E-state index in [0.29, 0.717) is 75.6 Å². The highest BCUT2D eigenvalue weighted by atomic mass is 32.1. The van der Waals surface area contributed by atoms with E-state index in [-0.39, 0.29) is 54.3 Å². The fraction of sp³-hybridized carbons (Fsp3) is 0.455. The summed E-state index contributed by atoms with van der Waals surface area (Å²) in [6, 6.07) is 21.7. The Bertz CT molecular complexity index is 2620. The summed E-state index contributed by atoms with van der Waals surface area (Å²) in [5.74, 6) is 6.81. The largest absolute Gasteiger partial charge is 0.380 e. The first-order valence-electron chi connectivity index (χ1n) is 24.9. The molecule has 5 heterocycles. The third kappa shape index (κ3) is 12.1. The lowest BCUT2D eigenvalue weighted by atomic mass is 9.88. The summed E-state index contributed by atoms with van der Waals surface area (Å²) >= 11 is 1.67. The number of likely N-dealkylation sites (tertiary alicyclic amines) is 2. The van der Waals surface area contributed by atoms with Crippen molar-refractivity contribution in [2.45, 2.75) is 102 Å². The van der Waals surface area contributed by atoms with E-state index < -0.39 is 11.9 Å². The van der Waals surface area contributed by atoms with Crippen molar-refractivity contribution in [1.82, 2.24) is 25.8 Å². The van der Waals surface area contributed by atoms with Gasteiger partial charge < -0.3 is 35.6 Å². The first kappa shape index (κ1) is 49.9. The number of amides is 6. The van der Waals surface area contributed by atoms with Crippen molar-refractivity contribution in [3.8, 4) is 22.3 Å². The molecule has 0 radical (unpaired) electrons. The standard InChI is InChI=1S/C55H66N8O6S/c1-36-11-17-43(58-44-33-56-34-44)32-45(36)54(68)57-37(2)41-15-14-40(46(30-41)50-8-7-29-70-50)13-12-38-21-25-61(26-22-38)52(66)9-5-6-10-53(67)62-27-23-39(24-28-62)42-16-18-47(49(31-42)60(3)4)63(35-64)48-19-20-51(65)59-55(48)69/h7-8,11,14-18,29-32,35,37-39,44,48,56,58H,5-6,9-10,19-28,33-34H2,1-4H3,(H,57,68)(H,59,65,69). The number of carbonyl (C=O) groups is 6. The molecule has 4 N–H and O–H groups in total. The Morgan fingerprint density at radius 2 is 1.59 bits per heavy atom. The number of unbranched alkanes of at least 4 members (excludes halogenated alkanes) is 1. The molecule has 8 rings (SSSR count). The summed E-state index contributed by atoms with van der Waals surface area (Å²) in [5, 5.41) is 14.4. The van der Waals surface area contributed by atoms with Crippen LogP contribution in [0.5, 0.6) is 0 Å². The van der Waals surface area contributed by atoms with Crippen LogP contribution in [-0.4, -0.2) is 111 Å². The number of anilines is 3. The zero-order valence-corrected chi connectivity index (χ0v) is 41.7. The van der Waals surface area contributed by atoms with Crippen molar-refractivity contribution in [3.05, 3.63) is 99.9 Å². The molecule has 4 aromatic rings. The third-order valence-corrected chi connectivity index (χ3v) is 15.2. The molecular weight excluding hydrogens is 901 g/mol. The monoisotopic (exact) mass is 966 g/mol. The molecule has 2 unspecified atom stereocenters. The number of thiophene rings is 1. The number of hydrogen-bond acceptors (Lipinski definition) is 10. The summed E-state index contributed by atoms with van der Waals surface area (Å²) in [6.07, 6.45) is 6.56. The molecule has 4 aliphatic heterocycles. The van der Waals surface area contributed by atoms with Crippen LogP contribution in [0, 0.1) is 24.7 Å². The third-order valence-electron chi connectivity index (χ3n) is 14.3. The van der Waals surface area contributed by atoms with Crippen molar-refractivity contribution in [2.24, 2.45) is 5.92 Å². The second-order valence-corrected chi connectivity index (χ2v) is 20.4. The van der Waals surface area contributed by atoms with Gasteiger partial charge in [0.25, 0.3) is 5.91 Å². The highest BCUT2D eigenvalue weighted by Crippen LogP contribution is 2.37. The van der Waals surface area contributed by atoms with E-state index in [1.807, 2.05) is 79.0 Å². The van der Waals surface area contributed by atoms with Gasteiger partial charge in [0, 0.05) is 106 Å². The molecule has 4 fully saturated rings. The van der Waals surface area contributed by atoms with Gasteiger partial charge in [-0.3, -0.25) is 34.1 Å². The molecule has 0 spiro atoms. The molecule has 0 bridgehead atoms. The fourth-order valence-electron chi connectivity index (χ4n) is 9.92. The Morgan fingerprint density at radius 3 is 2.21 bits per heavy atom. The molecule has 0 saturated carbocycles. The van der Waals surface area contributed by atoms with Gasteiger partial charge in [-0.25, -0.2) is 0 Å². The van der Waals surface area contributed by atoms with Gasteiger partial charge in [-0.05, 0) is 129 Å². The first-order valence-corrected chi connectivity index (χ1v) is 25.8. The summed E-state index contributed by atoms with van der Waals surface area (Å²) in [4.78, 5) is 85.0. The molecule has 14 nitrogen and oxygen atoms in total. The maximum Gasteiger partial charge on any atom is 0.252 e. The van der Waals surface area contributed by atoms with Crippen LogP contribution in [0.4, 0.5) is 17.1 Å². The number of piperidine rings is 3. The smallest absolute Gasteiger partial charge is 0.252 e. The Morgan fingerprint density at radius 1 is 0.871 bits per heavy atom. The van der Waals surface area contributed by atoms with Crippen molar-refractivity contribution >= 4 is 64.3 Å². The molecule has 4 aliphatic rings. The van der Waals surface area contributed by atoms with Crippen LogP contribution < -0.4 is 31.1 Å². The van der Waals surface area contributed by atoms with Crippen LogP contribution in [0.3, 0.4) is 0 Å². The van der Waals surface area contributed by atoms with E-state index in [9.17, 15) is 28.8 Å². The van der Waals surface area contributed by atoms with Gasteiger partial charge in [-0.2, -0.15) is 0 Å². The van der Waals surface area contributed by atoms with E-state index in [0.717, 1.165) is 82.8 Å². The summed E-state index contributed by atoms with van der Waals surface area (Å²) in [5.41, 5.74) is 8.08. The second kappa shape index (κ2) is 22.9. The van der Waals surface area contributed by atoms with Gasteiger partial charge >= 0.3 is 0 Å². The van der Waals surface area contributed by atoms with Crippen LogP contribution in [0.15, 0.2) is 72.1 Å². The zero-order valence-electron chi connectivity index (χ0n) is 40.9. The zero-order chi connectivity index (χ0) is 49.3. The predicted molar refractivity (Wildman–Crippen MR) is 276 cm³/mol. The maximum absolute atomic E-state index is 13.5. The van der Waals surface area contributed by atoms with E-state index in [2.05, 4.69) is 68.8 Å². The van der Waals surface area contributed by atoms with Gasteiger partial charge in [0.2, 0.25) is 30.0 Å². The lowest BCUT2D eigenvalue weighted by Gasteiger charge is -2.35. The van der Waals surface area contributed by atoms with Crippen LogP contribution >= 0.6 is 11.3 Å². The Kier molecular flexibility index (Phi) is 16.4.